The van der Waals surface area contributed by atoms with Gasteiger partial charge in [0.1, 0.15) is 5.76 Å². The lowest BCUT2D eigenvalue weighted by Gasteiger charge is -2.28. The SMILES string of the molecule is Cc1ccc(-c2cn3c(CCN(Cc4ccco4)C(=O)NC4CCCCC4)csc3n2)cc1. The van der Waals surface area contributed by atoms with E-state index in [1.807, 2.05) is 17.0 Å². The molecule has 6 nitrogen and oxygen atoms in total. The molecule has 1 fully saturated rings. The van der Waals surface area contributed by atoms with Crippen molar-refractivity contribution in [2.45, 2.75) is 58.0 Å². The van der Waals surface area contributed by atoms with Gasteiger partial charge in [0.2, 0.25) is 0 Å². The van der Waals surface area contributed by atoms with Crippen molar-refractivity contribution in [2.75, 3.05) is 6.54 Å². The highest BCUT2D eigenvalue weighted by Gasteiger charge is 2.21. The molecular formula is C26H30N4O2S. The van der Waals surface area contributed by atoms with Crippen LogP contribution in [0.15, 0.2) is 58.7 Å². The molecule has 1 aromatic carbocycles. The van der Waals surface area contributed by atoms with Crippen LogP contribution in [0.5, 0.6) is 0 Å². The maximum Gasteiger partial charge on any atom is 0.318 e. The second-order valence-electron chi connectivity index (χ2n) is 8.91. The van der Waals surface area contributed by atoms with E-state index in [9.17, 15) is 4.79 Å². The number of thiazole rings is 1. The summed E-state index contributed by atoms with van der Waals surface area (Å²) in [7, 11) is 0. The van der Waals surface area contributed by atoms with Crippen molar-refractivity contribution in [3.63, 3.8) is 0 Å². The van der Waals surface area contributed by atoms with Gasteiger partial charge >= 0.3 is 6.03 Å². The Morgan fingerprint density at radius 3 is 2.79 bits per heavy atom. The molecule has 7 heteroatoms. The number of hydrogen-bond donors (Lipinski definition) is 1. The quantitative estimate of drug-likeness (QED) is 0.364. The summed E-state index contributed by atoms with van der Waals surface area (Å²) in [5.74, 6) is 0.800. The number of nitrogens with one attached hydrogen (secondary N) is 1. The fraction of sp³-hybridized carbons (Fsp3) is 0.385. The van der Waals surface area contributed by atoms with Gasteiger partial charge < -0.3 is 14.6 Å². The summed E-state index contributed by atoms with van der Waals surface area (Å²) in [6, 6.07) is 12.5. The number of benzene rings is 1. The first-order valence-electron chi connectivity index (χ1n) is 11.8. The minimum absolute atomic E-state index is 0.00394. The standard InChI is InChI=1S/C26H30N4O2S/c1-19-9-11-20(12-10-19)24-17-30-22(18-33-26(30)28-24)13-14-29(16-23-8-5-15-32-23)25(31)27-21-6-3-2-4-7-21/h5,8-12,15,17-18,21H,2-4,6-7,13-14,16H2,1H3,(H,27,31). The smallest absolute Gasteiger partial charge is 0.318 e. The highest BCUT2D eigenvalue weighted by molar-refractivity contribution is 7.15. The van der Waals surface area contributed by atoms with Gasteiger partial charge in [0.25, 0.3) is 0 Å². The van der Waals surface area contributed by atoms with E-state index < -0.39 is 0 Å². The van der Waals surface area contributed by atoms with E-state index in [1.165, 1.54) is 24.8 Å². The molecule has 0 radical (unpaired) electrons. The summed E-state index contributed by atoms with van der Waals surface area (Å²) >= 11 is 1.64. The normalized spacial score (nSPS) is 14.6. The van der Waals surface area contributed by atoms with Crippen molar-refractivity contribution in [3.05, 3.63) is 71.3 Å². The second kappa shape index (κ2) is 9.83. The van der Waals surface area contributed by atoms with Gasteiger partial charge in [-0.3, -0.25) is 4.40 Å². The molecule has 0 aliphatic heterocycles. The predicted molar refractivity (Wildman–Crippen MR) is 131 cm³/mol. The molecule has 1 aliphatic rings. The van der Waals surface area contributed by atoms with Crippen molar-refractivity contribution < 1.29 is 9.21 Å². The minimum Gasteiger partial charge on any atom is -0.467 e. The molecule has 172 valence electrons. The largest absolute Gasteiger partial charge is 0.467 e. The van der Waals surface area contributed by atoms with Gasteiger partial charge in [-0.05, 0) is 31.9 Å². The fourth-order valence-electron chi connectivity index (χ4n) is 4.48. The van der Waals surface area contributed by atoms with E-state index in [0.29, 0.717) is 13.1 Å². The Balaban J connectivity index is 1.30. The summed E-state index contributed by atoms with van der Waals surface area (Å²) in [4.78, 5) is 20.8. The number of aromatic nitrogens is 2. The Hall–Kier alpha value is -3.06. The summed E-state index contributed by atoms with van der Waals surface area (Å²) in [6.07, 6.45) is 10.3. The number of fused-ring (bicyclic) bond motifs is 1. The molecule has 5 rings (SSSR count). The Bertz CT molecular complexity index is 1190. The summed E-state index contributed by atoms with van der Waals surface area (Å²) in [5, 5.41) is 5.40. The van der Waals surface area contributed by atoms with Crippen molar-refractivity contribution in [2.24, 2.45) is 0 Å². The van der Waals surface area contributed by atoms with Gasteiger partial charge in [-0.2, -0.15) is 0 Å². The van der Waals surface area contributed by atoms with Crippen LogP contribution >= 0.6 is 11.3 Å². The molecule has 33 heavy (non-hydrogen) atoms. The zero-order chi connectivity index (χ0) is 22.6. The van der Waals surface area contributed by atoms with Crippen LogP contribution < -0.4 is 5.32 Å². The highest BCUT2D eigenvalue weighted by atomic mass is 32.1. The predicted octanol–water partition coefficient (Wildman–Crippen LogP) is 6.05. The highest BCUT2D eigenvalue weighted by Crippen LogP contribution is 2.25. The van der Waals surface area contributed by atoms with Crippen molar-refractivity contribution in [3.8, 4) is 11.3 Å². The molecular weight excluding hydrogens is 432 g/mol. The third-order valence-electron chi connectivity index (χ3n) is 6.42. The van der Waals surface area contributed by atoms with Crippen LogP contribution in [0, 0.1) is 6.92 Å². The monoisotopic (exact) mass is 462 g/mol. The zero-order valence-corrected chi connectivity index (χ0v) is 19.8. The number of carbonyl (C=O) groups is 1. The number of rotatable bonds is 7. The van der Waals surface area contributed by atoms with Crippen LogP contribution in [0.4, 0.5) is 4.79 Å². The molecule has 3 aromatic heterocycles. The number of hydrogen-bond acceptors (Lipinski definition) is 4. The number of furan rings is 1. The molecule has 1 N–H and O–H groups in total. The third-order valence-corrected chi connectivity index (χ3v) is 7.30. The van der Waals surface area contributed by atoms with Crippen LogP contribution in [0.25, 0.3) is 16.2 Å². The van der Waals surface area contributed by atoms with E-state index in [0.717, 1.165) is 46.9 Å². The molecule has 0 unspecified atom stereocenters. The number of imidazole rings is 1. The van der Waals surface area contributed by atoms with Crippen LogP contribution in [-0.2, 0) is 13.0 Å². The summed E-state index contributed by atoms with van der Waals surface area (Å²) in [5.41, 5.74) is 4.50. The molecule has 0 spiro atoms. The molecule has 1 saturated carbocycles. The van der Waals surface area contributed by atoms with Gasteiger partial charge in [-0.25, -0.2) is 9.78 Å². The van der Waals surface area contributed by atoms with Crippen LogP contribution in [0.1, 0.15) is 49.1 Å². The lowest BCUT2D eigenvalue weighted by atomic mass is 9.96. The molecule has 3 heterocycles. The molecule has 0 bridgehead atoms. The van der Waals surface area contributed by atoms with Gasteiger partial charge in [-0.15, -0.1) is 11.3 Å². The third kappa shape index (κ3) is 5.14. The Labute approximate surface area is 198 Å². The van der Waals surface area contributed by atoms with E-state index in [2.05, 4.69) is 52.5 Å². The van der Waals surface area contributed by atoms with E-state index in [1.54, 1.807) is 17.6 Å². The molecule has 1 aliphatic carbocycles. The van der Waals surface area contributed by atoms with Crippen molar-refractivity contribution >= 4 is 22.3 Å². The fourth-order valence-corrected chi connectivity index (χ4v) is 5.39. The van der Waals surface area contributed by atoms with E-state index in [-0.39, 0.29) is 12.1 Å². The van der Waals surface area contributed by atoms with Gasteiger partial charge in [-0.1, -0.05) is 49.1 Å². The first kappa shape index (κ1) is 21.8. The van der Waals surface area contributed by atoms with E-state index >= 15 is 0 Å². The molecule has 0 atom stereocenters. The molecule has 2 amide bonds. The maximum atomic E-state index is 13.1. The summed E-state index contributed by atoms with van der Waals surface area (Å²) < 4.78 is 7.69. The minimum atomic E-state index is -0.00394. The van der Waals surface area contributed by atoms with Crippen LogP contribution in [-0.4, -0.2) is 32.9 Å². The topological polar surface area (TPSA) is 62.8 Å². The van der Waals surface area contributed by atoms with Gasteiger partial charge in [0.15, 0.2) is 4.96 Å². The average Bonchev–Trinajstić information content (AvgIpc) is 3.56. The van der Waals surface area contributed by atoms with Gasteiger partial charge in [0.05, 0.1) is 18.5 Å². The lowest BCUT2D eigenvalue weighted by Crippen LogP contribution is -2.45. The second-order valence-corrected chi connectivity index (χ2v) is 9.74. The van der Waals surface area contributed by atoms with Crippen LogP contribution in [0.3, 0.4) is 0 Å². The Morgan fingerprint density at radius 2 is 2.03 bits per heavy atom. The van der Waals surface area contributed by atoms with Gasteiger partial charge in [0, 0.05) is 41.8 Å². The number of carbonyl (C=O) groups excluding carboxylic acids is 1. The number of amides is 2. The number of urea groups is 1. The summed E-state index contributed by atoms with van der Waals surface area (Å²) in [6.45, 7) is 3.17. The average molecular weight is 463 g/mol. The first-order chi connectivity index (χ1) is 16.2. The van der Waals surface area contributed by atoms with Crippen LogP contribution in [0.2, 0.25) is 0 Å². The van der Waals surface area contributed by atoms with Crippen molar-refractivity contribution in [1.29, 1.82) is 0 Å². The first-order valence-corrected chi connectivity index (χ1v) is 12.6. The lowest BCUT2D eigenvalue weighted by molar-refractivity contribution is 0.183. The van der Waals surface area contributed by atoms with Crippen molar-refractivity contribution in [1.82, 2.24) is 19.6 Å². The van der Waals surface area contributed by atoms with E-state index in [4.69, 9.17) is 9.40 Å². The molecule has 0 saturated heterocycles. The molecule has 4 aromatic rings. The Kier molecular flexibility index (Phi) is 6.48. The maximum absolute atomic E-state index is 13.1. The number of aryl methyl sites for hydroxylation is 1. The Morgan fingerprint density at radius 1 is 1.21 bits per heavy atom. The zero-order valence-electron chi connectivity index (χ0n) is 19.0. The number of nitrogens with zero attached hydrogens (tertiary/aromatic N) is 3.